The zero-order valence-electron chi connectivity index (χ0n) is 18.0. The Balaban J connectivity index is 0.000000308. The number of hydrogen-bond acceptors (Lipinski definition) is 2. The Morgan fingerprint density at radius 3 is 1.97 bits per heavy atom. The van der Waals surface area contributed by atoms with Gasteiger partial charge in [-0.3, -0.25) is 9.09 Å². The molecule has 2 saturated carbocycles. The Bertz CT molecular complexity index is 560. The van der Waals surface area contributed by atoms with Crippen LogP contribution < -0.4 is 4.74 Å². The molecule has 0 bridgehead atoms. The second-order valence-corrected chi connectivity index (χ2v) is 8.04. The maximum atomic E-state index is 13.5. The minimum atomic E-state index is -0.765. The van der Waals surface area contributed by atoms with Crippen molar-refractivity contribution >= 4 is 0 Å². The Labute approximate surface area is 176 Å². The first-order valence-electron chi connectivity index (χ1n) is 10.8. The number of hydrogen-bond donors (Lipinski definition) is 0. The Kier molecular flexibility index (Phi) is 12.3. The van der Waals surface area contributed by atoms with Gasteiger partial charge < -0.3 is 9.47 Å². The van der Waals surface area contributed by atoms with Crippen molar-refractivity contribution in [3.63, 3.8) is 0 Å². The van der Waals surface area contributed by atoms with Crippen LogP contribution in [0.5, 0.6) is 5.75 Å². The molecule has 2 fully saturated rings. The van der Waals surface area contributed by atoms with E-state index in [-0.39, 0.29) is 23.0 Å². The lowest BCUT2D eigenvalue weighted by atomic mass is 9.83. The molecule has 7 heteroatoms. The molecule has 2 nitrogen and oxygen atoms in total. The molecule has 0 aliphatic heterocycles. The molecule has 0 spiro atoms. The summed E-state index contributed by atoms with van der Waals surface area (Å²) in [7, 11) is 1.23. The van der Waals surface area contributed by atoms with Gasteiger partial charge in [0.05, 0.1) is 19.9 Å². The van der Waals surface area contributed by atoms with Crippen molar-refractivity contribution in [2.75, 3.05) is 20.4 Å². The van der Waals surface area contributed by atoms with Gasteiger partial charge in [-0.1, -0.05) is 0 Å². The summed E-state index contributed by atoms with van der Waals surface area (Å²) in [5.41, 5.74) is 0.604. The van der Waals surface area contributed by atoms with Crippen molar-refractivity contribution < 1.29 is 31.7 Å². The van der Waals surface area contributed by atoms with Crippen LogP contribution >= 0.6 is 0 Å². The summed E-state index contributed by atoms with van der Waals surface area (Å²) < 4.78 is 62.1. The third-order valence-corrected chi connectivity index (χ3v) is 6.07. The Hall–Kier alpha value is -1.37. The molecule has 174 valence electrons. The SMILES string of the molecule is CCOC1CCC(CCF)CC1.COc1c(F)cc(C2CCC(F)CC2)cc1F.F. The number of benzene rings is 1. The first-order valence-corrected chi connectivity index (χ1v) is 10.8. The van der Waals surface area contributed by atoms with Gasteiger partial charge in [0.2, 0.25) is 0 Å². The average Bonchev–Trinajstić information content (AvgIpc) is 2.71. The van der Waals surface area contributed by atoms with Crippen LogP contribution in [0.15, 0.2) is 12.1 Å². The van der Waals surface area contributed by atoms with Crippen LogP contribution in [0.2, 0.25) is 0 Å². The van der Waals surface area contributed by atoms with Crippen molar-refractivity contribution in [3.05, 3.63) is 29.3 Å². The Morgan fingerprint density at radius 1 is 0.933 bits per heavy atom. The summed E-state index contributed by atoms with van der Waals surface area (Å²) in [5.74, 6) is -1.05. The van der Waals surface area contributed by atoms with Gasteiger partial charge in [0.1, 0.15) is 6.17 Å². The highest BCUT2D eigenvalue weighted by Crippen LogP contribution is 2.36. The van der Waals surface area contributed by atoms with Crippen LogP contribution in [0.3, 0.4) is 0 Å². The van der Waals surface area contributed by atoms with Crippen molar-refractivity contribution in [2.24, 2.45) is 5.92 Å². The maximum Gasteiger partial charge on any atom is 0.190 e. The lowest BCUT2D eigenvalue weighted by Crippen LogP contribution is -2.21. The molecule has 0 radical (unpaired) electrons. The van der Waals surface area contributed by atoms with E-state index in [1.165, 1.54) is 19.2 Å². The van der Waals surface area contributed by atoms with E-state index in [4.69, 9.17) is 4.74 Å². The average molecular weight is 439 g/mol. The number of rotatable bonds is 6. The number of ether oxygens (including phenoxy) is 2. The molecule has 0 aromatic heterocycles. The summed E-state index contributed by atoms with van der Waals surface area (Å²) in [6.45, 7) is 2.70. The summed E-state index contributed by atoms with van der Waals surface area (Å²) >= 11 is 0. The van der Waals surface area contributed by atoms with Gasteiger partial charge in [-0.25, -0.2) is 13.2 Å². The van der Waals surface area contributed by atoms with Gasteiger partial charge in [-0.15, -0.1) is 0 Å². The normalized spacial score (nSPS) is 26.2. The second kappa shape index (κ2) is 13.8. The molecule has 2 aliphatic rings. The molecule has 2 aliphatic carbocycles. The highest BCUT2D eigenvalue weighted by Gasteiger charge is 2.24. The van der Waals surface area contributed by atoms with Crippen molar-refractivity contribution in [3.8, 4) is 5.75 Å². The monoisotopic (exact) mass is 438 g/mol. The van der Waals surface area contributed by atoms with Crippen LogP contribution in [0.25, 0.3) is 0 Å². The van der Waals surface area contributed by atoms with Gasteiger partial charge in [0.25, 0.3) is 0 Å². The smallest absolute Gasteiger partial charge is 0.190 e. The molecular formula is C23H35F5O2. The van der Waals surface area contributed by atoms with Crippen molar-refractivity contribution in [1.82, 2.24) is 0 Å². The molecule has 3 rings (SSSR count). The zero-order chi connectivity index (χ0) is 21.2. The van der Waals surface area contributed by atoms with Crippen molar-refractivity contribution in [1.29, 1.82) is 0 Å². The molecular weight excluding hydrogens is 403 g/mol. The fourth-order valence-corrected chi connectivity index (χ4v) is 4.37. The minimum Gasteiger partial charge on any atom is -0.491 e. The van der Waals surface area contributed by atoms with Gasteiger partial charge in [-0.2, -0.15) is 0 Å². The number of methoxy groups -OCH3 is 1. The van der Waals surface area contributed by atoms with E-state index in [1.54, 1.807) is 0 Å². The maximum absolute atomic E-state index is 13.5. The first-order chi connectivity index (χ1) is 14.0. The summed E-state index contributed by atoms with van der Waals surface area (Å²) in [4.78, 5) is 0. The van der Waals surface area contributed by atoms with Crippen molar-refractivity contribution in [2.45, 2.75) is 82.9 Å². The van der Waals surface area contributed by atoms with E-state index >= 15 is 0 Å². The predicted octanol–water partition coefficient (Wildman–Crippen LogP) is 7.06. The van der Waals surface area contributed by atoms with Gasteiger partial charge in [0, 0.05) is 6.61 Å². The lowest BCUT2D eigenvalue weighted by molar-refractivity contribution is 0.0241. The van der Waals surface area contributed by atoms with E-state index in [0.717, 1.165) is 38.7 Å². The molecule has 1 aromatic carbocycles. The first kappa shape index (κ1) is 26.7. The topological polar surface area (TPSA) is 18.5 Å². The molecule has 0 heterocycles. The van der Waals surface area contributed by atoms with E-state index in [0.29, 0.717) is 43.3 Å². The third kappa shape index (κ3) is 8.05. The fraction of sp³-hybridized carbons (Fsp3) is 0.739. The van der Waals surface area contributed by atoms with Crippen LogP contribution in [0.1, 0.15) is 76.2 Å². The van der Waals surface area contributed by atoms with E-state index in [9.17, 15) is 17.6 Å². The van der Waals surface area contributed by atoms with E-state index < -0.39 is 17.8 Å². The molecule has 0 N–H and O–H groups in total. The fourth-order valence-electron chi connectivity index (χ4n) is 4.37. The molecule has 1 aromatic rings. The highest BCUT2D eigenvalue weighted by molar-refractivity contribution is 5.33. The number of alkyl halides is 2. The largest absolute Gasteiger partial charge is 0.491 e. The summed E-state index contributed by atoms with van der Waals surface area (Å²) in [6, 6.07) is 2.59. The van der Waals surface area contributed by atoms with Crippen LogP contribution in [-0.2, 0) is 4.74 Å². The highest BCUT2D eigenvalue weighted by atomic mass is 19.1. The van der Waals surface area contributed by atoms with Gasteiger partial charge >= 0.3 is 0 Å². The number of halogens is 5. The zero-order valence-corrected chi connectivity index (χ0v) is 18.0. The third-order valence-electron chi connectivity index (χ3n) is 6.07. The van der Waals surface area contributed by atoms with Crippen LogP contribution in [0.4, 0.5) is 22.3 Å². The van der Waals surface area contributed by atoms with Crippen LogP contribution in [-0.4, -0.2) is 32.7 Å². The van der Waals surface area contributed by atoms with Gasteiger partial charge in [0.15, 0.2) is 17.4 Å². The quantitative estimate of drug-likeness (QED) is 0.443. The summed E-state index contributed by atoms with van der Waals surface area (Å²) in [5, 5.41) is 0. The van der Waals surface area contributed by atoms with Gasteiger partial charge in [-0.05, 0) is 94.2 Å². The standard InChI is InChI=1S/C13H15F3O.C10H19FO.FH/c1-17-13-11(15)6-9(7-12(13)16)8-2-4-10(14)5-3-8;1-2-12-10-5-3-9(4-6-10)7-8-11;/h6-8,10H,2-5H2,1H3;9-10H,2-8H2,1H3;1H. The Morgan fingerprint density at radius 2 is 1.50 bits per heavy atom. The minimum absolute atomic E-state index is 0. The van der Waals surface area contributed by atoms with Crippen LogP contribution in [0, 0.1) is 17.6 Å². The van der Waals surface area contributed by atoms with E-state index in [2.05, 4.69) is 4.74 Å². The second-order valence-electron chi connectivity index (χ2n) is 8.04. The van der Waals surface area contributed by atoms with E-state index in [1.807, 2.05) is 6.92 Å². The molecule has 0 amide bonds. The molecule has 0 saturated heterocycles. The lowest BCUT2D eigenvalue weighted by Gasteiger charge is -2.27. The summed E-state index contributed by atoms with van der Waals surface area (Å²) in [6.07, 6.45) is 7.29. The molecule has 30 heavy (non-hydrogen) atoms. The predicted molar refractivity (Wildman–Crippen MR) is 109 cm³/mol. The molecule has 0 atom stereocenters. The molecule has 0 unspecified atom stereocenters.